The zero-order valence-electron chi connectivity index (χ0n) is 9.37. The molecule has 4 nitrogen and oxygen atoms in total. The summed E-state index contributed by atoms with van der Waals surface area (Å²) in [5.74, 6) is 0.0938. The van der Waals surface area contributed by atoms with Gasteiger partial charge in [-0.15, -0.1) is 0 Å². The molecule has 0 saturated carbocycles. The molecule has 0 aromatic rings. The lowest BCUT2D eigenvalue weighted by atomic mass is 10.0. The molecule has 86 valence electrons. The van der Waals surface area contributed by atoms with Gasteiger partial charge in [0.25, 0.3) is 0 Å². The Labute approximate surface area is 90.8 Å². The van der Waals surface area contributed by atoms with Crippen LogP contribution in [0.5, 0.6) is 0 Å². The largest absolute Gasteiger partial charge is 0.368 e. The normalized spacial score (nSPS) is 21.0. The van der Waals surface area contributed by atoms with E-state index >= 15 is 0 Å². The van der Waals surface area contributed by atoms with Crippen LogP contribution in [0.15, 0.2) is 0 Å². The minimum absolute atomic E-state index is 0.0790. The van der Waals surface area contributed by atoms with Crippen LogP contribution in [-0.4, -0.2) is 29.8 Å². The van der Waals surface area contributed by atoms with Gasteiger partial charge in [-0.2, -0.15) is 0 Å². The molecule has 0 radical (unpaired) electrons. The van der Waals surface area contributed by atoms with Gasteiger partial charge in [-0.05, 0) is 12.3 Å². The maximum atomic E-state index is 11.5. The minimum Gasteiger partial charge on any atom is -0.368 e. The van der Waals surface area contributed by atoms with E-state index in [1.54, 1.807) is 4.90 Å². The number of hydrogen-bond acceptors (Lipinski definition) is 2. The van der Waals surface area contributed by atoms with Gasteiger partial charge in [-0.3, -0.25) is 9.59 Å². The van der Waals surface area contributed by atoms with Gasteiger partial charge in [0, 0.05) is 13.0 Å². The maximum Gasteiger partial charge on any atom is 0.237 e. The van der Waals surface area contributed by atoms with Crippen LogP contribution < -0.4 is 5.73 Å². The van der Waals surface area contributed by atoms with Gasteiger partial charge in [0.2, 0.25) is 11.8 Å². The van der Waals surface area contributed by atoms with E-state index in [2.05, 4.69) is 6.92 Å². The number of amides is 2. The molecule has 1 rings (SSSR count). The first kappa shape index (κ1) is 12.0. The number of nitrogens with zero attached hydrogens (tertiary/aromatic N) is 1. The Morgan fingerprint density at radius 2 is 2.27 bits per heavy atom. The summed E-state index contributed by atoms with van der Waals surface area (Å²) in [6.07, 6.45) is 5.29. The smallest absolute Gasteiger partial charge is 0.237 e. The van der Waals surface area contributed by atoms with Crippen LogP contribution in [0.3, 0.4) is 0 Å². The van der Waals surface area contributed by atoms with E-state index in [0.29, 0.717) is 18.9 Å². The van der Waals surface area contributed by atoms with Crippen molar-refractivity contribution in [1.82, 2.24) is 4.90 Å². The van der Waals surface area contributed by atoms with E-state index < -0.39 is 5.91 Å². The molecule has 15 heavy (non-hydrogen) atoms. The van der Waals surface area contributed by atoms with E-state index in [1.165, 1.54) is 19.3 Å². The molecule has 0 bridgehead atoms. The lowest BCUT2D eigenvalue weighted by Crippen LogP contribution is -2.34. The summed E-state index contributed by atoms with van der Waals surface area (Å²) in [6.45, 7) is 2.97. The summed E-state index contributed by atoms with van der Waals surface area (Å²) in [5, 5.41) is 0. The van der Waals surface area contributed by atoms with Crippen molar-refractivity contribution in [3.63, 3.8) is 0 Å². The first-order valence-corrected chi connectivity index (χ1v) is 5.69. The van der Waals surface area contributed by atoms with Gasteiger partial charge in [-0.25, -0.2) is 0 Å². The SMILES string of the molecule is CCCCCC1CC(=O)N(CC(N)=O)C1. The maximum absolute atomic E-state index is 11.5. The van der Waals surface area contributed by atoms with Crippen LogP contribution in [-0.2, 0) is 9.59 Å². The highest BCUT2D eigenvalue weighted by atomic mass is 16.2. The molecule has 1 fully saturated rings. The molecular weight excluding hydrogens is 192 g/mol. The predicted octanol–water partition coefficient (Wildman–Crippen LogP) is 0.901. The van der Waals surface area contributed by atoms with Gasteiger partial charge in [0.15, 0.2) is 0 Å². The lowest BCUT2D eigenvalue weighted by molar-refractivity contribution is -0.132. The fourth-order valence-corrected chi connectivity index (χ4v) is 2.07. The minimum atomic E-state index is -0.419. The van der Waals surface area contributed by atoms with Crippen molar-refractivity contribution in [2.24, 2.45) is 11.7 Å². The van der Waals surface area contributed by atoms with E-state index in [1.807, 2.05) is 0 Å². The second-order valence-electron chi connectivity index (χ2n) is 4.31. The predicted molar refractivity (Wildman–Crippen MR) is 58.0 cm³/mol. The molecule has 0 aliphatic carbocycles. The van der Waals surface area contributed by atoms with Crippen LogP contribution in [0, 0.1) is 5.92 Å². The molecule has 1 saturated heterocycles. The second kappa shape index (κ2) is 5.73. The molecule has 0 aromatic heterocycles. The Morgan fingerprint density at radius 1 is 1.53 bits per heavy atom. The molecule has 1 heterocycles. The Hall–Kier alpha value is -1.06. The van der Waals surface area contributed by atoms with Crippen molar-refractivity contribution in [3.05, 3.63) is 0 Å². The van der Waals surface area contributed by atoms with E-state index in [0.717, 1.165) is 6.42 Å². The highest BCUT2D eigenvalue weighted by Crippen LogP contribution is 2.22. The van der Waals surface area contributed by atoms with Gasteiger partial charge >= 0.3 is 0 Å². The molecule has 0 aromatic carbocycles. The van der Waals surface area contributed by atoms with Crippen LogP contribution in [0.25, 0.3) is 0 Å². The van der Waals surface area contributed by atoms with E-state index in [-0.39, 0.29) is 12.5 Å². The molecule has 4 heteroatoms. The highest BCUT2D eigenvalue weighted by Gasteiger charge is 2.29. The quantitative estimate of drug-likeness (QED) is 0.665. The molecule has 0 spiro atoms. The van der Waals surface area contributed by atoms with Crippen molar-refractivity contribution in [3.8, 4) is 0 Å². The molecule has 2 amide bonds. The summed E-state index contributed by atoms with van der Waals surface area (Å²) in [4.78, 5) is 23.7. The second-order valence-corrected chi connectivity index (χ2v) is 4.31. The van der Waals surface area contributed by atoms with Crippen LogP contribution >= 0.6 is 0 Å². The topological polar surface area (TPSA) is 63.4 Å². The summed E-state index contributed by atoms with van der Waals surface area (Å²) in [6, 6.07) is 0. The van der Waals surface area contributed by atoms with E-state index in [9.17, 15) is 9.59 Å². The van der Waals surface area contributed by atoms with Crippen molar-refractivity contribution >= 4 is 11.8 Å². The van der Waals surface area contributed by atoms with Crippen molar-refractivity contribution in [1.29, 1.82) is 0 Å². The number of hydrogen-bond donors (Lipinski definition) is 1. The summed E-state index contributed by atoms with van der Waals surface area (Å²) in [5.41, 5.74) is 5.07. The number of primary amides is 1. The third-order valence-corrected chi connectivity index (χ3v) is 2.86. The Kier molecular flexibility index (Phi) is 4.59. The van der Waals surface area contributed by atoms with Crippen molar-refractivity contribution in [2.75, 3.05) is 13.1 Å². The third kappa shape index (κ3) is 3.90. The third-order valence-electron chi connectivity index (χ3n) is 2.86. The van der Waals surface area contributed by atoms with Crippen LogP contribution in [0.4, 0.5) is 0 Å². The molecule has 1 aliphatic heterocycles. The Bertz CT molecular complexity index is 241. The van der Waals surface area contributed by atoms with Crippen molar-refractivity contribution in [2.45, 2.75) is 39.0 Å². The molecular formula is C11H20N2O2. The molecule has 1 aliphatic rings. The Morgan fingerprint density at radius 3 is 2.87 bits per heavy atom. The van der Waals surface area contributed by atoms with Crippen LogP contribution in [0.2, 0.25) is 0 Å². The van der Waals surface area contributed by atoms with Gasteiger partial charge in [0.05, 0.1) is 6.54 Å². The summed E-state index contributed by atoms with van der Waals surface area (Å²) < 4.78 is 0. The fraction of sp³-hybridized carbons (Fsp3) is 0.818. The number of rotatable bonds is 6. The van der Waals surface area contributed by atoms with Gasteiger partial charge < -0.3 is 10.6 Å². The zero-order valence-corrected chi connectivity index (χ0v) is 9.37. The molecule has 2 N–H and O–H groups in total. The molecule has 1 unspecified atom stereocenters. The standard InChI is InChI=1S/C11H20N2O2/c1-2-3-4-5-9-6-11(15)13(7-9)8-10(12)14/h9H,2-8H2,1H3,(H2,12,14). The molecule has 1 atom stereocenters. The first-order chi connectivity index (χ1) is 7.13. The van der Waals surface area contributed by atoms with Crippen molar-refractivity contribution < 1.29 is 9.59 Å². The number of carbonyl (C=O) groups excluding carboxylic acids is 2. The van der Waals surface area contributed by atoms with E-state index in [4.69, 9.17) is 5.73 Å². The Balaban J connectivity index is 2.28. The lowest BCUT2D eigenvalue weighted by Gasteiger charge is -2.14. The number of unbranched alkanes of at least 4 members (excludes halogenated alkanes) is 2. The average molecular weight is 212 g/mol. The number of carbonyl (C=O) groups is 2. The summed E-state index contributed by atoms with van der Waals surface area (Å²) >= 11 is 0. The monoisotopic (exact) mass is 212 g/mol. The van der Waals surface area contributed by atoms with Gasteiger partial charge in [0.1, 0.15) is 0 Å². The van der Waals surface area contributed by atoms with Crippen LogP contribution in [0.1, 0.15) is 39.0 Å². The number of likely N-dealkylation sites (tertiary alicyclic amines) is 1. The first-order valence-electron chi connectivity index (χ1n) is 5.69. The summed E-state index contributed by atoms with van der Waals surface area (Å²) in [7, 11) is 0. The number of nitrogens with two attached hydrogens (primary N) is 1. The highest BCUT2D eigenvalue weighted by molar-refractivity contribution is 5.85. The van der Waals surface area contributed by atoms with Gasteiger partial charge in [-0.1, -0.05) is 26.2 Å². The average Bonchev–Trinajstić information content (AvgIpc) is 2.47. The zero-order chi connectivity index (χ0) is 11.3. The fourth-order valence-electron chi connectivity index (χ4n) is 2.07.